The number of hydrogen-bond acceptors (Lipinski definition) is 5. The lowest BCUT2D eigenvalue weighted by Crippen LogP contribution is -2.44. The van der Waals surface area contributed by atoms with Crippen molar-refractivity contribution in [3.63, 3.8) is 0 Å². The molecule has 2 aromatic rings. The number of hydrogen-bond donors (Lipinski definition) is 2. The van der Waals surface area contributed by atoms with Crippen LogP contribution in [0.4, 0.5) is 5.69 Å². The number of aryl methyl sites for hydroxylation is 1. The molecule has 27 heavy (non-hydrogen) atoms. The number of amides is 1. The van der Waals surface area contributed by atoms with E-state index in [9.17, 15) is 13.2 Å². The third-order valence-corrected chi connectivity index (χ3v) is 7.56. The van der Waals surface area contributed by atoms with Gasteiger partial charge in [0, 0.05) is 42.7 Å². The van der Waals surface area contributed by atoms with E-state index in [0.717, 1.165) is 12.8 Å². The van der Waals surface area contributed by atoms with Crippen molar-refractivity contribution >= 4 is 33.0 Å². The molecule has 2 N–H and O–H groups in total. The molecular weight excluding hydrogens is 384 g/mol. The molecule has 8 heteroatoms. The number of rotatable bonds is 6. The van der Waals surface area contributed by atoms with E-state index in [1.807, 2.05) is 11.4 Å². The maximum Gasteiger partial charge on any atom is 0.240 e. The molecule has 0 atom stereocenters. The monoisotopic (exact) mass is 408 g/mol. The molecule has 0 saturated carbocycles. The normalized spacial score (nSPS) is 16.8. The Bertz CT molecular complexity index is 902. The fraction of sp³-hybridized carbons (Fsp3) is 0.421. The van der Waals surface area contributed by atoms with Crippen molar-refractivity contribution in [3.8, 4) is 0 Å². The molecule has 0 bridgehead atoms. The molecule has 1 amide bonds. The van der Waals surface area contributed by atoms with Crippen LogP contribution in [-0.2, 0) is 25.0 Å². The summed E-state index contributed by atoms with van der Waals surface area (Å²) in [5.41, 5.74) is 0.938. The van der Waals surface area contributed by atoms with Crippen molar-refractivity contribution in [2.45, 2.75) is 37.0 Å². The summed E-state index contributed by atoms with van der Waals surface area (Å²) in [4.78, 5) is 12.6. The predicted octanol–water partition coefficient (Wildman–Crippen LogP) is 3.04. The highest BCUT2D eigenvalue weighted by Gasteiger charge is 2.36. The molecule has 2 heterocycles. The van der Waals surface area contributed by atoms with Crippen LogP contribution in [0, 0.1) is 6.92 Å². The summed E-state index contributed by atoms with van der Waals surface area (Å²) in [5, 5.41) is 4.69. The second kappa shape index (κ2) is 8.10. The molecule has 0 aliphatic carbocycles. The summed E-state index contributed by atoms with van der Waals surface area (Å²) < 4.78 is 34.1. The quantitative estimate of drug-likeness (QED) is 0.769. The Morgan fingerprint density at radius 2 is 2.00 bits per heavy atom. The van der Waals surface area contributed by atoms with Crippen molar-refractivity contribution < 1.29 is 17.9 Å². The molecule has 0 unspecified atom stereocenters. The van der Waals surface area contributed by atoms with E-state index >= 15 is 0 Å². The lowest BCUT2D eigenvalue weighted by Gasteiger charge is -2.36. The van der Waals surface area contributed by atoms with Crippen LogP contribution in [0.5, 0.6) is 0 Å². The molecule has 1 fully saturated rings. The first-order valence-corrected chi connectivity index (χ1v) is 11.2. The van der Waals surface area contributed by atoms with Gasteiger partial charge in [0.1, 0.15) is 0 Å². The number of benzene rings is 1. The van der Waals surface area contributed by atoms with Gasteiger partial charge in [0.05, 0.1) is 4.90 Å². The number of ether oxygens (including phenoxy) is 1. The molecule has 1 aliphatic rings. The summed E-state index contributed by atoms with van der Waals surface area (Å²) in [5.74, 6) is -0.194. The highest BCUT2D eigenvalue weighted by molar-refractivity contribution is 7.89. The predicted molar refractivity (Wildman–Crippen MR) is 107 cm³/mol. The van der Waals surface area contributed by atoms with E-state index in [4.69, 9.17) is 4.74 Å². The molecule has 1 aromatic carbocycles. The minimum absolute atomic E-state index is 0.194. The molecule has 0 radical (unpaired) electrons. The van der Waals surface area contributed by atoms with Gasteiger partial charge in [-0.3, -0.25) is 4.79 Å². The van der Waals surface area contributed by atoms with Gasteiger partial charge in [0.15, 0.2) is 0 Å². The highest BCUT2D eigenvalue weighted by Crippen LogP contribution is 2.37. The van der Waals surface area contributed by atoms with Crippen molar-refractivity contribution in [1.29, 1.82) is 0 Å². The molecule has 1 saturated heterocycles. The van der Waals surface area contributed by atoms with E-state index in [0.29, 0.717) is 31.0 Å². The van der Waals surface area contributed by atoms with E-state index in [2.05, 4.69) is 16.1 Å². The van der Waals surface area contributed by atoms with Crippen LogP contribution < -0.4 is 10.0 Å². The van der Waals surface area contributed by atoms with Gasteiger partial charge in [-0.1, -0.05) is 6.07 Å². The van der Waals surface area contributed by atoms with Crippen LogP contribution >= 0.6 is 11.3 Å². The number of sulfonamides is 1. The van der Waals surface area contributed by atoms with Gasteiger partial charge in [0.25, 0.3) is 0 Å². The molecular formula is C19H24N2O4S2. The largest absolute Gasteiger partial charge is 0.381 e. The van der Waals surface area contributed by atoms with Crippen molar-refractivity contribution in [2.75, 3.05) is 25.1 Å². The Morgan fingerprint density at radius 1 is 1.26 bits per heavy atom. The molecule has 146 valence electrons. The van der Waals surface area contributed by atoms with E-state index < -0.39 is 10.0 Å². The zero-order valence-corrected chi connectivity index (χ0v) is 17.1. The fourth-order valence-corrected chi connectivity index (χ4v) is 5.73. The Kier molecular flexibility index (Phi) is 6.00. The van der Waals surface area contributed by atoms with E-state index in [1.54, 1.807) is 30.4 Å². The van der Waals surface area contributed by atoms with Gasteiger partial charge in [-0.05, 0) is 55.0 Å². The first-order chi connectivity index (χ1) is 12.8. The molecule has 1 aliphatic heterocycles. The van der Waals surface area contributed by atoms with Gasteiger partial charge in [0.2, 0.25) is 15.9 Å². The second-order valence-corrected chi connectivity index (χ2v) is 9.54. The summed E-state index contributed by atoms with van der Waals surface area (Å²) in [6, 6.07) is 8.87. The average molecular weight is 409 g/mol. The topological polar surface area (TPSA) is 84.5 Å². The van der Waals surface area contributed by atoms with Crippen molar-refractivity contribution in [3.05, 3.63) is 46.2 Å². The van der Waals surface area contributed by atoms with Crippen LogP contribution in [0.2, 0.25) is 0 Å². The summed E-state index contributed by atoms with van der Waals surface area (Å²) in [6.07, 6.45) is 1.58. The molecule has 0 spiro atoms. The van der Waals surface area contributed by atoms with Crippen LogP contribution in [0.25, 0.3) is 0 Å². The first-order valence-electron chi connectivity index (χ1n) is 8.82. The lowest BCUT2D eigenvalue weighted by atomic mass is 9.79. The van der Waals surface area contributed by atoms with Crippen molar-refractivity contribution in [2.24, 2.45) is 0 Å². The van der Waals surface area contributed by atoms with Crippen LogP contribution in [0.3, 0.4) is 0 Å². The SMILES string of the molecule is CC(=O)Nc1ccc(S(=O)(=O)NCC2(c3cccs3)CCOCC2)c(C)c1. The molecule has 1 aromatic heterocycles. The maximum absolute atomic E-state index is 12.9. The first kappa shape index (κ1) is 20.0. The minimum atomic E-state index is -3.66. The zero-order chi connectivity index (χ0) is 19.5. The van der Waals surface area contributed by atoms with Gasteiger partial charge in [-0.2, -0.15) is 0 Å². The number of anilines is 1. The summed E-state index contributed by atoms with van der Waals surface area (Å²) in [7, 11) is -3.66. The van der Waals surface area contributed by atoms with E-state index in [1.165, 1.54) is 17.9 Å². The Hall–Kier alpha value is -1.74. The molecule has 3 rings (SSSR count). The van der Waals surface area contributed by atoms with Crippen LogP contribution in [0.15, 0.2) is 40.6 Å². The van der Waals surface area contributed by atoms with Crippen LogP contribution in [0.1, 0.15) is 30.2 Å². The Morgan fingerprint density at radius 3 is 2.59 bits per heavy atom. The van der Waals surface area contributed by atoms with Gasteiger partial charge >= 0.3 is 0 Å². The number of nitrogens with one attached hydrogen (secondary N) is 2. The summed E-state index contributed by atoms with van der Waals surface area (Å²) in [6.45, 7) is 4.74. The molecule has 6 nitrogen and oxygen atoms in total. The maximum atomic E-state index is 12.9. The van der Waals surface area contributed by atoms with Crippen molar-refractivity contribution in [1.82, 2.24) is 4.72 Å². The van der Waals surface area contributed by atoms with Gasteiger partial charge in [-0.15, -0.1) is 11.3 Å². The third-order valence-electron chi connectivity index (χ3n) is 4.88. The van der Waals surface area contributed by atoms with Gasteiger partial charge < -0.3 is 10.1 Å². The van der Waals surface area contributed by atoms with Crippen LogP contribution in [-0.4, -0.2) is 34.1 Å². The number of thiophene rings is 1. The highest BCUT2D eigenvalue weighted by atomic mass is 32.2. The van der Waals surface area contributed by atoms with Gasteiger partial charge in [-0.25, -0.2) is 13.1 Å². The summed E-state index contributed by atoms with van der Waals surface area (Å²) >= 11 is 1.65. The minimum Gasteiger partial charge on any atom is -0.381 e. The average Bonchev–Trinajstić information content (AvgIpc) is 3.15. The standard InChI is InChI=1S/C19H24N2O4S2/c1-14-12-16(21-15(2)22)5-6-17(14)27(23,24)20-13-19(7-9-25-10-8-19)18-4-3-11-26-18/h3-6,11-12,20H,7-10,13H2,1-2H3,(H,21,22). The second-order valence-electron chi connectivity index (χ2n) is 6.86. The Balaban J connectivity index is 1.80. The zero-order valence-electron chi connectivity index (χ0n) is 15.4. The third kappa shape index (κ3) is 4.57. The van der Waals surface area contributed by atoms with E-state index in [-0.39, 0.29) is 16.2 Å². The number of carbonyl (C=O) groups excluding carboxylic acids is 1. The lowest BCUT2D eigenvalue weighted by molar-refractivity contribution is -0.114. The Labute approximate surface area is 164 Å². The smallest absolute Gasteiger partial charge is 0.240 e. The fourth-order valence-electron chi connectivity index (χ4n) is 3.40. The number of carbonyl (C=O) groups is 1.